The largest absolute Gasteiger partial charge is 0.324 e. The van der Waals surface area contributed by atoms with E-state index in [0.29, 0.717) is 5.92 Å². The minimum Gasteiger partial charge on any atom is -0.324 e. The summed E-state index contributed by atoms with van der Waals surface area (Å²) < 4.78 is 27.0. The standard InChI is InChI=1S/C8H16N2O3S/c1-14(11,12)13-8-7(9)6-2-4-10(8)5-3-6/h6-8H,2-5,9H2,1H3. The molecule has 14 heavy (non-hydrogen) atoms. The minimum absolute atomic E-state index is 0.160. The highest BCUT2D eigenvalue weighted by Crippen LogP contribution is 2.32. The number of nitrogens with two attached hydrogens (primary N) is 1. The zero-order valence-corrected chi connectivity index (χ0v) is 9.03. The van der Waals surface area contributed by atoms with Gasteiger partial charge < -0.3 is 5.73 Å². The molecule has 0 aromatic heterocycles. The fourth-order valence-electron chi connectivity index (χ4n) is 2.34. The molecule has 3 aliphatic rings. The van der Waals surface area contributed by atoms with Crippen molar-refractivity contribution in [3.8, 4) is 0 Å². The number of rotatable bonds is 2. The lowest BCUT2D eigenvalue weighted by Gasteiger charge is -2.48. The molecule has 0 saturated carbocycles. The van der Waals surface area contributed by atoms with Gasteiger partial charge >= 0.3 is 0 Å². The van der Waals surface area contributed by atoms with E-state index in [-0.39, 0.29) is 6.04 Å². The molecule has 2 N–H and O–H groups in total. The van der Waals surface area contributed by atoms with Gasteiger partial charge in [-0.15, -0.1) is 0 Å². The molecule has 82 valence electrons. The van der Waals surface area contributed by atoms with Gasteiger partial charge in [-0.3, -0.25) is 4.90 Å². The number of fused-ring (bicyclic) bond motifs is 3. The molecule has 2 unspecified atom stereocenters. The first-order valence-electron chi connectivity index (χ1n) is 4.85. The Morgan fingerprint density at radius 1 is 1.36 bits per heavy atom. The molecular formula is C8H16N2O3S. The molecule has 3 saturated heterocycles. The third-order valence-electron chi connectivity index (χ3n) is 3.08. The molecule has 6 heteroatoms. The van der Waals surface area contributed by atoms with Gasteiger partial charge in [0.1, 0.15) is 6.23 Å². The first-order valence-corrected chi connectivity index (χ1v) is 6.67. The second-order valence-electron chi connectivity index (χ2n) is 4.14. The van der Waals surface area contributed by atoms with Crippen LogP contribution in [-0.2, 0) is 14.3 Å². The van der Waals surface area contributed by atoms with E-state index in [2.05, 4.69) is 0 Å². The van der Waals surface area contributed by atoms with Gasteiger partial charge in [0.15, 0.2) is 0 Å². The Morgan fingerprint density at radius 2 is 1.93 bits per heavy atom. The number of piperidine rings is 3. The van der Waals surface area contributed by atoms with E-state index in [1.54, 1.807) is 0 Å². The Balaban J connectivity index is 2.11. The van der Waals surface area contributed by atoms with E-state index in [4.69, 9.17) is 9.92 Å². The zero-order chi connectivity index (χ0) is 10.3. The summed E-state index contributed by atoms with van der Waals surface area (Å²) >= 11 is 0. The molecule has 0 aromatic carbocycles. The smallest absolute Gasteiger partial charge is 0.265 e. The Labute approximate surface area is 84.3 Å². The maximum absolute atomic E-state index is 11.0. The van der Waals surface area contributed by atoms with Gasteiger partial charge in [-0.2, -0.15) is 8.42 Å². The van der Waals surface area contributed by atoms with Crippen molar-refractivity contribution >= 4 is 10.1 Å². The fourth-order valence-corrected chi connectivity index (χ4v) is 2.95. The highest BCUT2D eigenvalue weighted by molar-refractivity contribution is 7.86. The van der Waals surface area contributed by atoms with E-state index in [0.717, 1.165) is 32.2 Å². The van der Waals surface area contributed by atoms with Crippen molar-refractivity contribution in [2.24, 2.45) is 11.7 Å². The van der Waals surface area contributed by atoms with Crippen molar-refractivity contribution in [1.29, 1.82) is 0 Å². The van der Waals surface area contributed by atoms with Crippen molar-refractivity contribution in [3.63, 3.8) is 0 Å². The van der Waals surface area contributed by atoms with Crippen LogP contribution >= 0.6 is 0 Å². The minimum atomic E-state index is -3.40. The van der Waals surface area contributed by atoms with Crippen LogP contribution in [0.3, 0.4) is 0 Å². The van der Waals surface area contributed by atoms with E-state index in [1.807, 2.05) is 4.90 Å². The summed E-state index contributed by atoms with van der Waals surface area (Å²) in [6.45, 7) is 1.80. The molecule has 0 amide bonds. The molecule has 3 heterocycles. The van der Waals surface area contributed by atoms with Crippen LogP contribution in [0.2, 0.25) is 0 Å². The van der Waals surface area contributed by atoms with Crippen molar-refractivity contribution < 1.29 is 12.6 Å². The number of hydrogen-bond donors (Lipinski definition) is 1. The van der Waals surface area contributed by atoms with E-state index in [9.17, 15) is 8.42 Å². The van der Waals surface area contributed by atoms with Gasteiger partial charge in [0.25, 0.3) is 10.1 Å². The van der Waals surface area contributed by atoms with Crippen molar-refractivity contribution in [1.82, 2.24) is 4.90 Å². The summed E-state index contributed by atoms with van der Waals surface area (Å²) in [6.07, 6.45) is 2.76. The first kappa shape index (κ1) is 10.4. The molecule has 2 bridgehead atoms. The maximum Gasteiger partial charge on any atom is 0.265 e. The maximum atomic E-state index is 11.0. The van der Waals surface area contributed by atoms with Gasteiger partial charge in [0.05, 0.1) is 6.26 Å². The third kappa shape index (κ3) is 1.93. The second-order valence-corrected chi connectivity index (χ2v) is 5.74. The average molecular weight is 220 g/mol. The summed E-state index contributed by atoms with van der Waals surface area (Å²) in [5, 5.41) is 0. The van der Waals surface area contributed by atoms with Crippen LogP contribution in [0.25, 0.3) is 0 Å². The average Bonchev–Trinajstić information content (AvgIpc) is 2.10. The van der Waals surface area contributed by atoms with Gasteiger partial charge in [-0.25, -0.2) is 4.18 Å². The molecular weight excluding hydrogens is 204 g/mol. The molecule has 3 rings (SSSR count). The SMILES string of the molecule is CS(=O)(=O)OC1C(N)C2CCN1CC2. The van der Waals surface area contributed by atoms with E-state index in [1.165, 1.54) is 0 Å². The van der Waals surface area contributed by atoms with Crippen LogP contribution in [0.1, 0.15) is 12.8 Å². The topological polar surface area (TPSA) is 72.6 Å². The predicted octanol–water partition coefficient (Wildman–Crippen LogP) is -0.658. The molecule has 0 spiro atoms. The monoisotopic (exact) mass is 220 g/mol. The highest BCUT2D eigenvalue weighted by Gasteiger charge is 2.42. The van der Waals surface area contributed by atoms with E-state index < -0.39 is 16.3 Å². The van der Waals surface area contributed by atoms with Crippen LogP contribution in [-0.4, -0.2) is 44.9 Å². The molecule has 0 aliphatic carbocycles. The van der Waals surface area contributed by atoms with E-state index >= 15 is 0 Å². The fraction of sp³-hybridized carbons (Fsp3) is 1.00. The van der Waals surface area contributed by atoms with Crippen LogP contribution in [0, 0.1) is 5.92 Å². The summed E-state index contributed by atoms with van der Waals surface area (Å²) in [4.78, 5) is 2.02. The predicted molar refractivity (Wildman–Crippen MR) is 52.0 cm³/mol. The molecule has 0 radical (unpaired) electrons. The Kier molecular flexibility index (Phi) is 2.55. The van der Waals surface area contributed by atoms with Gasteiger partial charge in [0.2, 0.25) is 0 Å². The molecule has 0 aromatic rings. The molecule has 2 atom stereocenters. The van der Waals surface area contributed by atoms with Gasteiger partial charge in [0, 0.05) is 19.1 Å². The molecule has 3 fully saturated rings. The number of hydrogen-bond acceptors (Lipinski definition) is 5. The van der Waals surface area contributed by atoms with Crippen LogP contribution < -0.4 is 5.73 Å². The zero-order valence-electron chi connectivity index (χ0n) is 8.22. The lowest BCUT2D eigenvalue weighted by Crippen LogP contribution is -2.62. The second kappa shape index (κ2) is 3.44. The first-order chi connectivity index (χ1) is 6.47. The summed E-state index contributed by atoms with van der Waals surface area (Å²) in [5.74, 6) is 0.423. The van der Waals surface area contributed by atoms with Crippen molar-refractivity contribution in [2.45, 2.75) is 25.1 Å². The third-order valence-corrected chi connectivity index (χ3v) is 3.63. The van der Waals surface area contributed by atoms with Gasteiger partial charge in [-0.1, -0.05) is 0 Å². The highest BCUT2D eigenvalue weighted by atomic mass is 32.2. The summed E-state index contributed by atoms with van der Waals surface area (Å²) in [7, 11) is -3.40. The van der Waals surface area contributed by atoms with Crippen LogP contribution in [0.15, 0.2) is 0 Å². The normalized spacial score (nSPS) is 42.7. The summed E-state index contributed by atoms with van der Waals surface area (Å²) in [5.41, 5.74) is 5.94. The molecule has 5 nitrogen and oxygen atoms in total. The lowest BCUT2D eigenvalue weighted by atomic mass is 9.83. The Bertz CT molecular complexity index is 307. The van der Waals surface area contributed by atoms with Crippen LogP contribution in [0.5, 0.6) is 0 Å². The number of nitrogens with zero attached hydrogens (tertiary/aromatic N) is 1. The van der Waals surface area contributed by atoms with Crippen LogP contribution in [0.4, 0.5) is 0 Å². The Morgan fingerprint density at radius 3 is 2.36 bits per heavy atom. The summed E-state index contributed by atoms with van der Waals surface area (Å²) in [6, 6.07) is -0.160. The Hall–Kier alpha value is -0.170. The van der Waals surface area contributed by atoms with Crippen molar-refractivity contribution in [2.75, 3.05) is 19.3 Å². The van der Waals surface area contributed by atoms with Crippen molar-refractivity contribution in [3.05, 3.63) is 0 Å². The quantitative estimate of drug-likeness (QED) is 0.626. The molecule has 3 aliphatic heterocycles. The van der Waals surface area contributed by atoms with Gasteiger partial charge in [-0.05, 0) is 18.8 Å². The lowest BCUT2D eigenvalue weighted by molar-refractivity contribution is -0.0734.